The van der Waals surface area contributed by atoms with Gasteiger partial charge in [0, 0.05) is 17.1 Å². The second-order valence-electron chi connectivity index (χ2n) is 13.8. The molecule has 1 nitrogen and oxygen atoms in total. The van der Waals surface area contributed by atoms with Crippen molar-refractivity contribution in [3.63, 3.8) is 0 Å². The molecular weight excluding hydrogens is 663 g/mol. The Kier molecular flexibility index (Phi) is 9.41. The van der Waals surface area contributed by atoms with Gasteiger partial charge in [0.1, 0.15) is 0 Å². The summed E-state index contributed by atoms with van der Waals surface area (Å²) < 4.78 is 0. The molecule has 0 radical (unpaired) electrons. The molecule has 0 bridgehead atoms. The van der Waals surface area contributed by atoms with Crippen LogP contribution in [0, 0.1) is 0 Å². The third kappa shape index (κ3) is 7.12. The maximum absolute atomic E-state index is 2.40. The van der Waals surface area contributed by atoms with E-state index >= 15 is 0 Å². The van der Waals surface area contributed by atoms with E-state index in [-0.39, 0.29) is 0 Å². The lowest BCUT2D eigenvalue weighted by molar-refractivity contribution is 1.28. The number of hydrogen-bond donors (Lipinski definition) is 0. The first-order chi connectivity index (χ1) is 27.3. The van der Waals surface area contributed by atoms with Gasteiger partial charge in [-0.2, -0.15) is 0 Å². The Morgan fingerprint density at radius 2 is 0.455 bits per heavy atom. The van der Waals surface area contributed by atoms with Gasteiger partial charge in [0.2, 0.25) is 0 Å². The van der Waals surface area contributed by atoms with Crippen LogP contribution >= 0.6 is 0 Å². The van der Waals surface area contributed by atoms with Crippen molar-refractivity contribution in [1.29, 1.82) is 0 Å². The van der Waals surface area contributed by atoms with E-state index in [4.69, 9.17) is 0 Å². The molecule has 0 atom stereocenters. The molecule has 0 N–H and O–H groups in total. The predicted molar refractivity (Wildman–Crippen MR) is 234 cm³/mol. The summed E-state index contributed by atoms with van der Waals surface area (Å²) in [4.78, 5) is 2.40. The SMILES string of the molecule is c1ccc(-c2ccc(-c3cc(N(c4ccc(-c5ccccc5)cc4)c4ccc(-c5ccccc5)cc4)cc(-c4ccccc4)c3-c3ccccc3)cc2)cc1. The average Bonchev–Trinajstić information content (AvgIpc) is 3.28. The molecule has 9 aromatic carbocycles. The third-order valence-corrected chi connectivity index (χ3v) is 10.3. The van der Waals surface area contributed by atoms with Gasteiger partial charge in [0.05, 0.1) is 0 Å². The van der Waals surface area contributed by atoms with Gasteiger partial charge >= 0.3 is 0 Å². The molecule has 0 saturated carbocycles. The maximum Gasteiger partial charge on any atom is 0.0474 e. The summed E-state index contributed by atoms with van der Waals surface area (Å²) in [6.07, 6.45) is 0. The lowest BCUT2D eigenvalue weighted by atomic mass is 9.86. The van der Waals surface area contributed by atoms with E-state index in [2.05, 4.69) is 241 Å². The Bertz CT molecular complexity index is 2530. The van der Waals surface area contributed by atoms with Crippen LogP contribution in [0.1, 0.15) is 0 Å². The van der Waals surface area contributed by atoms with E-state index in [0.29, 0.717) is 0 Å². The molecule has 0 unspecified atom stereocenters. The van der Waals surface area contributed by atoms with Crippen LogP contribution < -0.4 is 4.90 Å². The third-order valence-electron chi connectivity index (χ3n) is 10.3. The summed E-state index contributed by atoms with van der Waals surface area (Å²) in [7, 11) is 0. The van der Waals surface area contributed by atoms with Crippen molar-refractivity contribution in [2.75, 3.05) is 4.90 Å². The van der Waals surface area contributed by atoms with Gasteiger partial charge in [-0.3, -0.25) is 0 Å². The first-order valence-corrected chi connectivity index (χ1v) is 18.8. The minimum absolute atomic E-state index is 1.08. The summed E-state index contributed by atoms with van der Waals surface area (Å²) in [5, 5.41) is 0. The van der Waals surface area contributed by atoms with E-state index in [1.807, 2.05) is 0 Å². The quantitative estimate of drug-likeness (QED) is 0.145. The second kappa shape index (κ2) is 15.4. The van der Waals surface area contributed by atoms with Crippen molar-refractivity contribution in [3.05, 3.63) is 237 Å². The topological polar surface area (TPSA) is 3.24 Å². The van der Waals surface area contributed by atoms with Crippen LogP contribution in [0.4, 0.5) is 17.1 Å². The van der Waals surface area contributed by atoms with Crippen molar-refractivity contribution in [1.82, 2.24) is 0 Å². The normalized spacial score (nSPS) is 10.9. The maximum atomic E-state index is 2.40. The summed E-state index contributed by atoms with van der Waals surface area (Å²) in [6.45, 7) is 0. The van der Waals surface area contributed by atoms with Crippen LogP contribution in [-0.2, 0) is 0 Å². The first kappa shape index (κ1) is 33.6. The van der Waals surface area contributed by atoms with Gasteiger partial charge in [-0.1, -0.05) is 200 Å². The molecule has 0 heterocycles. The van der Waals surface area contributed by atoms with Gasteiger partial charge in [0.25, 0.3) is 0 Å². The zero-order chi connectivity index (χ0) is 36.8. The Balaban J connectivity index is 1.27. The van der Waals surface area contributed by atoms with Crippen molar-refractivity contribution in [2.45, 2.75) is 0 Å². The van der Waals surface area contributed by atoms with Crippen LogP contribution in [0.5, 0.6) is 0 Å². The Labute approximate surface area is 324 Å². The van der Waals surface area contributed by atoms with Crippen LogP contribution in [0.25, 0.3) is 66.8 Å². The van der Waals surface area contributed by atoms with Crippen molar-refractivity contribution >= 4 is 17.1 Å². The fourth-order valence-electron chi connectivity index (χ4n) is 7.53. The van der Waals surface area contributed by atoms with Crippen LogP contribution in [0.3, 0.4) is 0 Å². The van der Waals surface area contributed by atoms with E-state index < -0.39 is 0 Å². The number of benzene rings is 9. The first-order valence-electron chi connectivity index (χ1n) is 18.8. The second-order valence-corrected chi connectivity index (χ2v) is 13.8. The Morgan fingerprint density at radius 1 is 0.200 bits per heavy atom. The van der Waals surface area contributed by atoms with Crippen molar-refractivity contribution in [2.24, 2.45) is 0 Å². The van der Waals surface area contributed by atoms with Crippen LogP contribution in [0.2, 0.25) is 0 Å². The van der Waals surface area contributed by atoms with Gasteiger partial charge in [-0.05, 0) is 103 Å². The lowest BCUT2D eigenvalue weighted by Gasteiger charge is -2.29. The molecule has 0 aromatic heterocycles. The fraction of sp³-hybridized carbons (Fsp3) is 0. The molecule has 0 aliphatic heterocycles. The molecule has 0 saturated heterocycles. The van der Waals surface area contributed by atoms with Gasteiger partial charge in [-0.25, -0.2) is 0 Å². The molecule has 260 valence electrons. The summed E-state index contributed by atoms with van der Waals surface area (Å²) >= 11 is 0. The number of hydrogen-bond acceptors (Lipinski definition) is 1. The van der Waals surface area contributed by atoms with E-state index in [9.17, 15) is 0 Å². The Hall–Kier alpha value is -7.22. The smallest absolute Gasteiger partial charge is 0.0474 e. The average molecular weight is 702 g/mol. The molecule has 9 aromatic rings. The highest BCUT2D eigenvalue weighted by Crippen LogP contribution is 2.46. The highest BCUT2D eigenvalue weighted by atomic mass is 15.1. The molecule has 9 rings (SSSR count). The summed E-state index contributed by atoms with van der Waals surface area (Å²) in [5.74, 6) is 0. The van der Waals surface area contributed by atoms with Crippen molar-refractivity contribution in [3.8, 4) is 66.8 Å². The highest BCUT2D eigenvalue weighted by molar-refractivity contribution is 5.99. The predicted octanol–water partition coefficient (Wildman–Crippen LogP) is 15.2. The molecule has 0 fully saturated rings. The molecule has 1 heteroatoms. The summed E-state index contributed by atoms with van der Waals surface area (Å²) in [5.41, 5.74) is 17.5. The Morgan fingerprint density at radius 3 is 0.818 bits per heavy atom. The number of anilines is 3. The summed E-state index contributed by atoms with van der Waals surface area (Å²) in [6, 6.07) is 85.1. The molecular formula is C54H39N. The van der Waals surface area contributed by atoms with Gasteiger partial charge in [-0.15, -0.1) is 0 Å². The molecule has 0 aliphatic rings. The van der Waals surface area contributed by atoms with Crippen LogP contribution in [-0.4, -0.2) is 0 Å². The minimum Gasteiger partial charge on any atom is -0.310 e. The highest BCUT2D eigenvalue weighted by Gasteiger charge is 2.21. The molecule has 0 amide bonds. The van der Waals surface area contributed by atoms with Crippen LogP contribution in [0.15, 0.2) is 237 Å². The number of nitrogens with zero attached hydrogens (tertiary/aromatic N) is 1. The monoisotopic (exact) mass is 701 g/mol. The van der Waals surface area contributed by atoms with E-state index in [1.165, 1.54) is 61.2 Å². The zero-order valence-corrected chi connectivity index (χ0v) is 30.5. The van der Waals surface area contributed by atoms with Gasteiger partial charge < -0.3 is 4.90 Å². The van der Waals surface area contributed by atoms with E-state index in [1.54, 1.807) is 0 Å². The fourth-order valence-corrected chi connectivity index (χ4v) is 7.53. The van der Waals surface area contributed by atoms with Crippen molar-refractivity contribution < 1.29 is 0 Å². The zero-order valence-electron chi connectivity index (χ0n) is 30.5. The minimum atomic E-state index is 1.08. The molecule has 0 aliphatic carbocycles. The largest absolute Gasteiger partial charge is 0.310 e. The number of rotatable bonds is 9. The molecule has 55 heavy (non-hydrogen) atoms. The molecule has 0 spiro atoms. The van der Waals surface area contributed by atoms with Gasteiger partial charge in [0.15, 0.2) is 0 Å². The standard InChI is InChI=1S/C54H39N/c1-6-16-40(17-7-1)43-26-28-47(29-27-43)53-39-51(38-52(46-22-12-4-13-23-46)54(53)48-24-14-5-15-25-48)55(49-34-30-44(31-35-49)41-18-8-2-9-19-41)50-36-32-45(33-37-50)42-20-10-3-11-21-42/h1-39H. The lowest BCUT2D eigenvalue weighted by Crippen LogP contribution is -2.11. The van der Waals surface area contributed by atoms with E-state index in [0.717, 1.165) is 22.6 Å².